The maximum absolute atomic E-state index is 12.9. The van der Waals surface area contributed by atoms with Crippen LogP contribution in [-0.2, 0) is 0 Å². The Morgan fingerprint density at radius 3 is 1.78 bits per heavy atom. The number of ketones is 2. The Hall–Kier alpha value is -2.29. The first-order valence-corrected chi connectivity index (χ1v) is 5.61. The molecule has 2 aromatic rings. The third-order valence-electron chi connectivity index (χ3n) is 3.19. The lowest BCUT2D eigenvalue weighted by molar-refractivity contribution is 0.0890. The lowest BCUT2D eigenvalue weighted by Crippen LogP contribution is -2.12. The molecule has 1 aliphatic rings. The van der Waals surface area contributed by atoms with Gasteiger partial charge in [0.1, 0.15) is 11.7 Å². The van der Waals surface area contributed by atoms with Gasteiger partial charge in [-0.05, 0) is 17.7 Å². The third-order valence-corrected chi connectivity index (χ3v) is 3.19. The zero-order valence-corrected chi connectivity index (χ0v) is 9.39. The Morgan fingerprint density at radius 1 is 0.778 bits per heavy atom. The molecule has 0 aromatic heterocycles. The molecule has 0 unspecified atom stereocenters. The van der Waals surface area contributed by atoms with Gasteiger partial charge in [0.2, 0.25) is 0 Å². The Labute approximate surface area is 103 Å². The number of halogens is 1. The van der Waals surface area contributed by atoms with Gasteiger partial charge in [0.05, 0.1) is 0 Å². The average molecular weight is 246 g/mol. The van der Waals surface area contributed by atoms with E-state index in [1.165, 1.54) is 24.3 Å². The Bertz CT molecular complexity index is 609. The highest BCUT2D eigenvalue weighted by atomic mass is 19.2. The fourth-order valence-electron chi connectivity index (χ4n) is 2.30. The summed E-state index contributed by atoms with van der Waals surface area (Å²) in [5.41, 5.74) is 1.45. The summed E-state index contributed by atoms with van der Waals surface area (Å²) in [4.78, 5) is 24.4. The molecule has 0 amide bonds. The normalized spacial score (nSPS) is 14.9. The first kappa shape index (κ1) is 10.8. The summed E-state index contributed by atoms with van der Waals surface area (Å²) in [7, 11) is 0. The van der Waals surface area contributed by atoms with Crippen molar-refractivity contribution >= 4 is 11.6 Å². The van der Waals surface area contributed by atoms with Crippen LogP contribution in [-0.4, -0.2) is 11.6 Å². The fraction of sp³-hybridized carbons (Fsp3) is 0.0667. The van der Waals surface area contributed by atoms with E-state index in [0.29, 0.717) is 16.7 Å². The van der Waals surface area contributed by atoms with E-state index in [1.54, 1.807) is 24.3 Å². The lowest BCUT2D eigenvalue weighted by Gasteiger charge is -2.06. The molecule has 88 valence electrons. The van der Waals surface area contributed by atoms with Gasteiger partial charge < -0.3 is 0 Å². The van der Waals surface area contributed by atoms with E-state index in [2.05, 4.69) is 0 Å². The van der Waals surface area contributed by atoms with Crippen LogP contribution < -0.4 is 0 Å². The summed E-state index contributed by atoms with van der Waals surface area (Å²) in [6.45, 7) is 0. The number of carbonyl (C=O) groups excluding carboxylic acids is 2. The van der Waals surface area contributed by atoms with Crippen LogP contribution >= 0.6 is 0 Å². The van der Waals surface area contributed by atoms with Crippen molar-refractivity contribution in [2.45, 2.75) is 5.92 Å². The molecule has 0 aliphatic heterocycles. The van der Waals surface area contributed by atoms with E-state index in [-0.39, 0.29) is 17.4 Å². The van der Waals surface area contributed by atoms with Gasteiger partial charge in [0, 0.05) is 11.1 Å². The predicted octanol–water partition coefficient (Wildman–Crippen LogP) is 2.99. The van der Waals surface area contributed by atoms with Crippen molar-refractivity contribution in [3.63, 3.8) is 0 Å². The van der Waals surface area contributed by atoms with E-state index in [4.69, 9.17) is 0 Å². The minimum atomic E-state index is -0.817. The second kappa shape index (κ2) is 3.88. The molecule has 0 fully saturated rings. The van der Waals surface area contributed by atoms with Crippen molar-refractivity contribution in [2.75, 3.05) is 0 Å². The van der Waals surface area contributed by atoms with Gasteiger partial charge in [-0.2, -0.15) is 0 Å². The van der Waals surface area contributed by atoms with Crippen LogP contribution in [0.1, 0.15) is 32.2 Å². The molecule has 0 atom stereocenters. The summed E-state index contributed by atoms with van der Waals surface area (Å²) in [6.07, 6.45) is 0. The maximum Gasteiger partial charge on any atom is 0.178 e. The van der Waals surface area contributed by atoms with E-state index in [9.17, 15) is 14.0 Å². The van der Waals surface area contributed by atoms with Gasteiger partial charge in [0.15, 0.2) is 11.6 Å². The number of hydrogen-bond acceptors (Lipinski definition) is 2. The molecule has 0 spiro atoms. The van der Waals surface area contributed by atoms with Crippen molar-refractivity contribution in [2.24, 2.45) is 0 Å². The van der Waals surface area contributed by atoms with E-state index < -0.39 is 5.92 Å². The van der Waals surface area contributed by atoms with Crippen LogP contribution in [0.25, 0.3) is 0 Å². The Kier molecular flexibility index (Phi) is 2.33. The standard InChI is InChI=1S/C15H9FO2/c16-10-7-5-9(6-8-10)13-14(17)11-3-1-2-4-12(11)15(13)18/h1-8,13H/i5+1,6+1,7+1,8+1,9+1,10+1. The lowest BCUT2D eigenvalue weighted by atomic mass is 10.1. The van der Waals surface area contributed by atoms with Gasteiger partial charge in [-0.15, -0.1) is 0 Å². The number of carbonyl (C=O) groups is 2. The minimum absolute atomic E-state index is 0.206. The topological polar surface area (TPSA) is 34.1 Å². The molecule has 0 heterocycles. The first-order valence-electron chi connectivity index (χ1n) is 5.61. The zero-order chi connectivity index (χ0) is 12.7. The highest BCUT2D eigenvalue weighted by molar-refractivity contribution is 6.29. The van der Waals surface area contributed by atoms with Gasteiger partial charge in [-0.3, -0.25) is 9.59 Å². The molecular weight excluding hydrogens is 237 g/mol. The molecule has 0 bridgehead atoms. The second-order valence-corrected chi connectivity index (χ2v) is 4.26. The van der Waals surface area contributed by atoms with E-state index in [0.717, 1.165) is 0 Å². The molecule has 2 aromatic carbocycles. The van der Waals surface area contributed by atoms with Crippen LogP contribution in [0.3, 0.4) is 0 Å². The summed E-state index contributed by atoms with van der Waals surface area (Å²) >= 11 is 0. The molecular formula is C15H9FO2. The van der Waals surface area contributed by atoms with E-state index >= 15 is 0 Å². The number of rotatable bonds is 1. The van der Waals surface area contributed by atoms with Crippen LogP contribution in [0, 0.1) is 5.82 Å². The number of fused-ring (bicyclic) bond motifs is 1. The second-order valence-electron chi connectivity index (χ2n) is 4.26. The molecule has 3 rings (SSSR count). The van der Waals surface area contributed by atoms with Gasteiger partial charge in [0.25, 0.3) is 0 Å². The fourth-order valence-corrected chi connectivity index (χ4v) is 2.30. The van der Waals surface area contributed by atoms with Crippen LogP contribution in [0.2, 0.25) is 0 Å². The monoisotopic (exact) mass is 246 g/mol. The molecule has 3 heteroatoms. The summed E-state index contributed by atoms with van der Waals surface area (Å²) < 4.78 is 12.9. The quantitative estimate of drug-likeness (QED) is 0.725. The van der Waals surface area contributed by atoms with Crippen molar-refractivity contribution in [1.29, 1.82) is 0 Å². The largest absolute Gasteiger partial charge is 0.293 e. The van der Waals surface area contributed by atoms with Crippen LogP contribution in [0.5, 0.6) is 0 Å². The van der Waals surface area contributed by atoms with E-state index in [1.807, 2.05) is 0 Å². The summed E-state index contributed by atoms with van der Waals surface area (Å²) in [5, 5.41) is 0. The molecule has 18 heavy (non-hydrogen) atoms. The van der Waals surface area contributed by atoms with Crippen molar-refractivity contribution in [3.05, 3.63) is 71.0 Å². The van der Waals surface area contributed by atoms with Gasteiger partial charge in [-0.1, -0.05) is 36.4 Å². The van der Waals surface area contributed by atoms with Crippen molar-refractivity contribution < 1.29 is 14.0 Å². The predicted molar refractivity (Wildman–Crippen MR) is 64.2 cm³/mol. The SMILES string of the molecule is O=C1c2ccccc2C(=O)C1[13c]1[13cH][13cH][13c](F)[13cH][13cH]1. The van der Waals surface area contributed by atoms with Crippen molar-refractivity contribution in [3.8, 4) is 0 Å². The van der Waals surface area contributed by atoms with Crippen LogP contribution in [0.15, 0.2) is 48.5 Å². The molecule has 0 N–H and O–H groups in total. The number of benzene rings is 2. The molecule has 2 nitrogen and oxygen atoms in total. The maximum atomic E-state index is 12.9. The average Bonchev–Trinajstić information content (AvgIpc) is 2.64. The highest BCUT2D eigenvalue weighted by Gasteiger charge is 2.39. The molecule has 0 saturated carbocycles. The molecule has 1 aliphatic carbocycles. The smallest absolute Gasteiger partial charge is 0.178 e. The highest BCUT2D eigenvalue weighted by Crippen LogP contribution is 2.33. The number of hydrogen-bond donors (Lipinski definition) is 0. The number of Topliss-reactive ketones (excluding diaryl/α,β-unsaturated/α-hetero) is 2. The zero-order valence-electron chi connectivity index (χ0n) is 9.39. The Balaban J connectivity index is 2.09. The summed E-state index contributed by atoms with van der Waals surface area (Å²) in [5.74, 6) is -1.61. The summed E-state index contributed by atoms with van der Waals surface area (Å²) in [6, 6.07) is 12.3. The minimum Gasteiger partial charge on any atom is -0.293 e. The van der Waals surface area contributed by atoms with Crippen LogP contribution in [0.4, 0.5) is 4.39 Å². The molecule has 0 saturated heterocycles. The van der Waals surface area contributed by atoms with Gasteiger partial charge in [-0.25, -0.2) is 4.39 Å². The van der Waals surface area contributed by atoms with Gasteiger partial charge >= 0.3 is 0 Å². The third kappa shape index (κ3) is 1.48. The van der Waals surface area contributed by atoms with Crippen molar-refractivity contribution in [1.82, 2.24) is 0 Å². The Morgan fingerprint density at radius 2 is 1.28 bits per heavy atom. The molecule has 0 radical (unpaired) electrons. The first-order chi connectivity index (χ1) is 8.68.